The van der Waals surface area contributed by atoms with E-state index in [0.717, 1.165) is 26.8 Å². The Hall–Kier alpha value is -1.35. The van der Waals surface area contributed by atoms with Crippen molar-refractivity contribution in [2.24, 2.45) is 0 Å². The number of fused-ring (bicyclic) bond motifs is 3. The van der Waals surface area contributed by atoms with E-state index in [0.29, 0.717) is 0 Å². The summed E-state index contributed by atoms with van der Waals surface area (Å²) in [7, 11) is 2.02. The Bertz CT molecular complexity index is 529. The first-order valence-corrected chi connectivity index (χ1v) is 5.21. The maximum atomic E-state index is 5.71. The third kappa shape index (κ3) is 0.876. The Labute approximate surface area is 86.2 Å². The van der Waals surface area contributed by atoms with Crippen LogP contribution in [0.25, 0.3) is 11.0 Å². The van der Waals surface area contributed by atoms with Crippen molar-refractivity contribution in [3.05, 3.63) is 35.9 Å². The molecule has 3 rings (SSSR count). The third-order valence-electron chi connectivity index (χ3n) is 2.46. The molecule has 0 amide bonds. The minimum atomic E-state index is 0.948. The van der Waals surface area contributed by atoms with Gasteiger partial charge in [-0.1, -0.05) is 18.7 Å². The Morgan fingerprint density at radius 1 is 1.36 bits per heavy atom. The van der Waals surface area contributed by atoms with Crippen molar-refractivity contribution in [2.75, 3.05) is 11.9 Å². The molecule has 1 aliphatic heterocycles. The molecule has 1 aliphatic rings. The van der Waals surface area contributed by atoms with E-state index in [1.807, 2.05) is 25.2 Å². The van der Waals surface area contributed by atoms with Crippen LogP contribution in [0.5, 0.6) is 0 Å². The molecule has 0 aliphatic carbocycles. The number of benzene rings is 1. The zero-order valence-electron chi connectivity index (χ0n) is 7.78. The van der Waals surface area contributed by atoms with E-state index in [1.54, 1.807) is 11.8 Å². The van der Waals surface area contributed by atoms with Gasteiger partial charge in [0.25, 0.3) is 0 Å². The highest BCUT2D eigenvalue weighted by molar-refractivity contribution is 8.03. The fraction of sp³-hybridized carbons (Fsp3) is 0.0909. The van der Waals surface area contributed by atoms with E-state index in [4.69, 9.17) is 4.42 Å². The van der Waals surface area contributed by atoms with Gasteiger partial charge in [0.05, 0.1) is 5.03 Å². The lowest BCUT2D eigenvalue weighted by Gasteiger charge is -2.10. The second-order valence-corrected chi connectivity index (χ2v) is 4.34. The van der Waals surface area contributed by atoms with Crippen LogP contribution >= 0.6 is 11.8 Å². The molecule has 0 spiro atoms. The van der Waals surface area contributed by atoms with Crippen molar-refractivity contribution < 1.29 is 4.42 Å². The first-order valence-electron chi connectivity index (χ1n) is 4.39. The Kier molecular flexibility index (Phi) is 1.47. The molecule has 2 heterocycles. The summed E-state index contributed by atoms with van der Waals surface area (Å²) in [6, 6.07) is 8.08. The molecule has 3 heteroatoms. The van der Waals surface area contributed by atoms with Crippen molar-refractivity contribution in [2.45, 2.75) is 5.09 Å². The van der Waals surface area contributed by atoms with Crippen LogP contribution in [-0.2, 0) is 0 Å². The molecule has 0 N–H and O–H groups in total. The summed E-state index contributed by atoms with van der Waals surface area (Å²) in [5.74, 6) is 0. The van der Waals surface area contributed by atoms with Gasteiger partial charge in [-0.25, -0.2) is 0 Å². The van der Waals surface area contributed by atoms with Crippen LogP contribution in [-0.4, -0.2) is 7.05 Å². The molecule has 0 radical (unpaired) electrons. The fourth-order valence-corrected chi connectivity index (χ4v) is 2.61. The zero-order chi connectivity index (χ0) is 9.71. The SMILES string of the molecule is C=C1Sc2oc3ccccc3c2N1C. The van der Waals surface area contributed by atoms with Crippen LogP contribution in [0.1, 0.15) is 0 Å². The molecular weight excluding hydrogens is 194 g/mol. The van der Waals surface area contributed by atoms with Crippen molar-refractivity contribution in [1.82, 2.24) is 0 Å². The van der Waals surface area contributed by atoms with E-state index >= 15 is 0 Å². The number of rotatable bonds is 0. The number of hydrogen-bond donors (Lipinski definition) is 0. The lowest BCUT2D eigenvalue weighted by molar-refractivity contribution is 0.519. The summed E-state index contributed by atoms with van der Waals surface area (Å²) >= 11 is 1.59. The summed E-state index contributed by atoms with van der Waals surface area (Å²) in [4.78, 5) is 2.08. The number of para-hydroxylation sites is 1. The van der Waals surface area contributed by atoms with E-state index < -0.39 is 0 Å². The first kappa shape index (κ1) is 8.00. The molecule has 70 valence electrons. The van der Waals surface area contributed by atoms with Crippen LogP contribution < -0.4 is 4.90 Å². The van der Waals surface area contributed by atoms with Gasteiger partial charge in [0.1, 0.15) is 11.3 Å². The maximum absolute atomic E-state index is 5.71. The molecule has 0 bridgehead atoms. The van der Waals surface area contributed by atoms with Gasteiger partial charge in [0.2, 0.25) is 0 Å². The Morgan fingerprint density at radius 2 is 2.14 bits per heavy atom. The summed E-state index contributed by atoms with van der Waals surface area (Å²) in [6.45, 7) is 3.96. The van der Waals surface area contributed by atoms with Gasteiger partial charge < -0.3 is 9.32 Å². The smallest absolute Gasteiger partial charge is 0.191 e. The topological polar surface area (TPSA) is 16.4 Å². The molecule has 0 atom stereocenters. The second kappa shape index (κ2) is 2.58. The van der Waals surface area contributed by atoms with Crippen LogP contribution in [0.2, 0.25) is 0 Å². The average molecular weight is 203 g/mol. The maximum Gasteiger partial charge on any atom is 0.191 e. The van der Waals surface area contributed by atoms with Crippen molar-refractivity contribution in [3.8, 4) is 0 Å². The van der Waals surface area contributed by atoms with Gasteiger partial charge in [-0.15, -0.1) is 0 Å². The third-order valence-corrected chi connectivity index (χ3v) is 3.43. The average Bonchev–Trinajstić information content (AvgIpc) is 2.65. The number of hydrogen-bond acceptors (Lipinski definition) is 3. The number of anilines is 1. The number of thioether (sulfide) groups is 1. The van der Waals surface area contributed by atoms with Crippen LogP contribution in [0.4, 0.5) is 5.69 Å². The highest BCUT2D eigenvalue weighted by atomic mass is 32.2. The molecule has 0 fully saturated rings. The standard InChI is InChI=1S/C11H9NOS/c1-7-12(2)10-8-5-3-4-6-9(8)13-11(10)14-7/h3-6H,1H2,2H3. The van der Waals surface area contributed by atoms with Gasteiger partial charge in [-0.2, -0.15) is 0 Å². The van der Waals surface area contributed by atoms with Gasteiger partial charge in [-0.3, -0.25) is 0 Å². The van der Waals surface area contributed by atoms with Crippen molar-refractivity contribution in [3.63, 3.8) is 0 Å². The zero-order valence-corrected chi connectivity index (χ0v) is 8.60. The number of furan rings is 1. The molecule has 0 unspecified atom stereocenters. The summed E-state index contributed by atoms with van der Waals surface area (Å²) in [6.07, 6.45) is 0. The number of nitrogens with zero attached hydrogens (tertiary/aromatic N) is 1. The molecule has 1 aromatic heterocycles. The Balaban J connectivity index is 2.37. The van der Waals surface area contributed by atoms with Gasteiger partial charge in [-0.05, 0) is 23.9 Å². The first-order chi connectivity index (χ1) is 6.77. The monoisotopic (exact) mass is 203 g/mol. The van der Waals surface area contributed by atoms with E-state index in [2.05, 4.69) is 17.5 Å². The molecule has 1 aromatic carbocycles. The lowest BCUT2D eigenvalue weighted by Crippen LogP contribution is -2.07. The predicted molar refractivity (Wildman–Crippen MR) is 59.6 cm³/mol. The highest BCUT2D eigenvalue weighted by Crippen LogP contribution is 2.49. The van der Waals surface area contributed by atoms with E-state index in [1.165, 1.54) is 0 Å². The normalized spacial score (nSPS) is 15.2. The minimum absolute atomic E-state index is 0.948. The van der Waals surface area contributed by atoms with Crippen LogP contribution in [0.15, 0.2) is 45.4 Å². The second-order valence-electron chi connectivity index (χ2n) is 3.29. The lowest BCUT2D eigenvalue weighted by atomic mass is 10.2. The van der Waals surface area contributed by atoms with Gasteiger partial charge >= 0.3 is 0 Å². The molecule has 14 heavy (non-hydrogen) atoms. The van der Waals surface area contributed by atoms with Crippen LogP contribution in [0, 0.1) is 0 Å². The Morgan fingerprint density at radius 3 is 3.00 bits per heavy atom. The largest absolute Gasteiger partial charge is 0.447 e. The summed E-state index contributed by atoms with van der Waals surface area (Å²) in [5.41, 5.74) is 2.10. The molecular formula is C11H9NOS. The molecule has 2 nitrogen and oxygen atoms in total. The molecule has 0 saturated carbocycles. The highest BCUT2D eigenvalue weighted by Gasteiger charge is 2.27. The quantitative estimate of drug-likeness (QED) is 0.652. The van der Waals surface area contributed by atoms with Crippen molar-refractivity contribution >= 4 is 28.4 Å². The predicted octanol–water partition coefficient (Wildman–Crippen LogP) is 3.45. The van der Waals surface area contributed by atoms with E-state index in [9.17, 15) is 0 Å². The summed E-state index contributed by atoms with van der Waals surface area (Å²) < 4.78 is 5.71. The van der Waals surface area contributed by atoms with Gasteiger partial charge in [0.15, 0.2) is 5.09 Å². The summed E-state index contributed by atoms with van der Waals surface area (Å²) in [5, 5.41) is 3.14. The van der Waals surface area contributed by atoms with Crippen molar-refractivity contribution in [1.29, 1.82) is 0 Å². The van der Waals surface area contributed by atoms with E-state index in [-0.39, 0.29) is 0 Å². The molecule has 2 aromatic rings. The molecule has 0 saturated heterocycles. The van der Waals surface area contributed by atoms with Gasteiger partial charge in [0, 0.05) is 12.4 Å². The van der Waals surface area contributed by atoms with Crippen LogP contribution in [0.3, 0.4) is 0 Å². The fourth-order valence-electron chi connectivity index (χ4n) is 1.70. The minimum Gasteiger partial charge on any atom is -0.447 e.